The van der Waals surface area contributed by atoms with Crippen molar-refractivity contribution < 1.29 is 18.3 Å². The van der Waals surface area contributed by atoms with E-state index in [2.05, 4.69) is 15.2 Å². The first-order valence-electron chi connectivity index (χ1n) is 6.43. The molecule has 0 spiro atoms. The van der Waals surface area contributed by atoms with Crippen LogP contribution < -0.4 is 0 Å². The largest absolute Gasteiger partial charge is 0.452 e. The summed E-state index contributed by atoms with van der Waals surface area (Å²) in [5.74, 6) is -1.14. The monoisotopic (exact) mass is 330 g/mol. The second-order valence-corrected chi connectivity index (χ2v) is 5.09. The van der Waals surface area contributed by atoms with Gasteiger partial charge in [0.1, 0.15) is 0 Å². The number of aliphatic hydroxyl groups excluding tert-OH is 1. The van der Waals surface area contributed by atoms with Gasteiger partial charge in [0.15, 0.2) is 10.8 Å². The molecule has 9 heteroatoms. The Morgan fingerprint density at radius 1 is 1.23 bits per heavy atom. The van der Waals surface area contributed by atoms with E-state index in [-0.39, 0.29) is 22.9 Å². The highest BCUT2D eigenvalue weighted by Crippen LogP contribution is 2.31. The number of halogens is 4. The summed E-state index contributed by atoms with van der Waals surface area (Å²) < 4.78 is 40.2. The highest BCUT2D eigenvalue weighted by atomic mass is 35.5. The van der Waals surface area contributed by atoms with E-state index in [1.165, 1.54) is 0 Å². The SMILES string of the molecule is OCCCc1ccc2nc(Cl)c3nnc(C(F)(F)F)n3c2c1. The highest BCUT2D eigenvalue weighted by molar-refractivity contribution is 6.32. The van der Waals surface area contributed by atoms with Gasteiger partial charge in [0.2, 0.25) is 5.82 Å². The van der Waals surface area contributed by atoms with Gasteiger partial charge in [-0.15, -0.1) is 10.2 Å². The topological polar surface area (TPSA) is 63.3 Å². The van der Waals surface area contributed by atoms with Crippen LogP contribution in [0.4, 0.5) is 13.2 Å². The Kier molecular flexibility index (Phi) is 3.65. The van der Waals surface area contributed by atoms with Gasteiger partial charge in [-0.1, -0.05) is 17.7 Å². The molecule has 116 valence electrons. The van der Waals surface area contributed by atoms with Crippen LogP contribution in [0.15, 0.2) is 18.2 Å². The molecule has 2 heterocycles. The number of rotatable bonds is 3. The van der Waals surface area contributed by atoms with Gasteiger partial charge in [-0.2, -0.15) is 13.2 Å². The molecule has 0 fully saturated rings. The number of fused-ring (bicyclic) bond motifs is 3. The average Bonchev–Trinajstić information content (AvgIpc) is 2.91. The van der Waals surface area contributed by atoms with Crippen LogP contribution in [0.2, 0.25) is 5.15 Å². The molecule has 0 aliphatic carbocycles. The second-order valence-electron chi connectivity index (χ2n) is 4.73. The summed E-state index contributed by atoms with van der Waals surface area (Å²) in [4.78, 5) is 4.05. The Balaban J connectivity index is 2.32. The van der Waals surface area contributed by atoms with E-state index in [0.717, 1.165) is 9.96 Å². The third-order valence-corrected chi connectivity index (χ3v) is 3.48. The van der Waals surface area contributed by atoms with Gasteiger partial charge in [0, 0.05) is 6.61 Å². The van der Waals surface area contributed by atoms with Crippen LogP contribution in [0.3, 0.4) is 0 Å². The summed E-state index contributed by atoms with van der Waals surface area (Å²) in [6, 6.07) is 4.91. The van der Waals surface area contributed by atoms with Crippen molar-refractivity contribution >= 4 is 28.3 Å². The average molecular weight is 331 g/mol. The molecule has 2 aromatic heterocycles. The lowest BCUT2D eigenvalue weighted by molar-refractivity contribution is -0.145. The number of alkyl halides is 3. The van der Waals surface area contributed by atoms with Gasteiger partial charge >= 0.3 is 6.18 Å². The van der Waals surface area contributed by atoms with Crippen LogP contribution in [0.5, 0.6) is 0 Å². The quantitative estimate of drug-likeness (QED) is 0.802. The zero-order valence-electron chi connectivity index (χ0n) is 11.1. The molecule has 0 bridgehead atoms. The smallest absolute Gasteiger partial charge is 0.396 e. The third kappa shape index (κ3) is 2.48. The summed E-state index contributed by atoms with van der Waals surface area (Å²) in [6.45, 7) is 0.00669. The lowest BCUT2D eigenvalue weighted by Crippen LogP contribution is -2.11. The third-order valence-electron chi connectivity index (χ3n) is 3.22. The van der Waals surface area contributed by atoms with E-state index in [9.17, 15) is 13.2 Å². The molecule has 3 aromatic rings. The van der Waals surface area contributed by atoms with E-state index < -0.39 is 12.0 Å². The molecule has 3 rings (SSSR count). The second kappa shape index (κ2) is 5.36. The summed E-state index contributed by atoms with van der Waals surface area (Å²) in [5, 5.41) is 15.4. The standard InChI is InChI=1S/C13H10ClF3N4O/c14-10-11-19-20-12(13(15,16)17)21(11)9-6-7(2-1-5-22)3-4-8(9)18-10/h3-4,6,22H,1-2,5H2. The van der Waals surface area contributed by atoms with Gasteiger partial charge in [0.05, 0.1) is 11.0 Å². The Labute approximate surface area is 127 Å². The van der Waals surface area contributed by atoms with Crippen molar-refractivity contribution in [3.63, 3.8) is 0 Å². The molecule has 5 nitrogen and oxygen atoms in total. The predicted octanol–water partition coefficient (Wildman–Crippen LogP) is 2.87. The van der Waals surface area contributed by atoms with E-state index in [1.54, 1.807) is 18.2 Å². The van der Waals surface area contributed by atoms with Crippen LogP contribution in [-0.2, 0) is 12.6 Å². The Morgan fingerprint density at radius 3 is 2.68 bits per heavy atom. The first-order valence-corrected chi connectivity index (χ1v) is 6.81. The maximum Gasteiger partial charge on any atom is 0.452 e. The van der Waals surface area contributed by atoms with Crippen molar-refractivity contribution in [2.75, 3.05) is 6.61 Å². The van der Waals surface area contributed by atoms with Gasteiger partial charge < -0.3 is 5.11 Å². The summed E-state index contributed by atoms with van der Waals surface area (Å²) in [6.07, 6.45) is -3.60. The van der Waals surface area contributed by atoms with Crippen LogP contribution in [-0.4, -0.2) is 31.3 Å². The molecule has 22 heavy (non-hydrogen) atoms. The van der Waals surface area contributed by atoms with Crippen molar-refractivity contribution in [3.8, 4) is 0 Å². The minimum atomic E-state index is -4.65. The molecule has 0 radical (unpaired) electrons. The molecule has 1 N–H and O–H groups in total. The molecule has 0 unspecified atom stereocenters. The Hall–Kier alpha value is -1.93. The lowest BCUT2D eigenvalue weighted by atomic mass is 10.1. The van der Waals surface area contributed by atoms with Crippen LogP contribution in [0.25, 0.3) is 16.7 Å². The van der Waals surface area contributed by atoms with Crippen LogP contribution >= 0.6 is 11.6 Å². The number of benzene rings is 1. The van der Waals surface area contributed by atoms with Crippen molar-refractivity contribution in [1.82, 2.24) is 19.6 Å². The fourth-order valence-electron chi connectivity index (χ4n) is 2.27. The molecule has 0 amide bonds. The number of aryl methyl sites for hydroxylation is 1. The molecule has 1 aromatic carbocycles. The predicted molar refractivity (Wildman–Crippen MR) is 73.7 cm³/mol. The van der Waals surface area contributed by atoms with Crippen molar-refractivity contribution in [1.29, 1.82) is 0 Å². The number of nitrogens with zero attached hydrogens (tertiary/aromatic N) is 4. The highest BCUT2D eigenvalue weighted by Gasteiger charge is 2.38. The molecule has 0 atom stereocenters. The van der Waals surface area contributed by atoms with Gasteiger partial charge in [-0.25, -0.2) is 4.98 Å². The summed E-state index contributed by atoms with van der Waals surface area (Å²) >= 11 is 5.89. The fraction of sp³-hybridized carbons (Fsp3) is 0.308. The zero-order chi connectivity index (χ0) is 15.9. The molecule has 0 aliphatic rings. The lowest BCUT2D eigenvalue weighted by Gasteiger charge is -2.09. The van der Waals surface area contributed by atoms with Crippen molar-refractivity contribution in [3.05, 3.63) is 34.7 Å². The molecule has 0 saturated heterocycles. The van der Waals surface area contributed by atoms with Crippen LogP contribution in [0.1, 0.15) is 17.8 Å². The minimum absolute atomic E-state index is 0.00669. The van der Waals surface area contributed by atoms with Gasteiger partial charge in [-0.05, 0) is 30.5 Å². The maximum atomic E-state index is 13.1. The van der Waals surface area contributed by atoms with E-state index in [0.29, 0.717) is 18.4 Å². The van der Waals surface area contributed by atoms with E-state index in [4.69, 9.17) is 16.7 Å². The fourth-order valence-corrected chi connectivity index (χ4v) is 2.48. The molecule has 0 aliphatic heterocycles. The number of aromatic nitrogens is 4. The van der Waals surface area contributed by atoms with Gasteiger partial charge in [0.25, 0.3) is 0 Å². The first-order chi connectivity index (χ1) is 10.4. The van der Waals surface area contributed by atoms with Crippen LogP contribution in [0, 0.1) is 0 Å². The number of aliphatic hydroxyl groups is 1. The first kappa shape index (κ1) is 15.0. The van der Waals surface area contributed by atoms with E-state index in [1.807, 2.05) is 0 Å². The summed E-state index contributed by atoms with van der Waals surface area (Å²) in [5.41, 5.74) is 1.19. The summed E-state index contributed by atoms with van der Waals surface area (Å²) in [7, 11) is 0. The minimum Gasteiger partial charge on any atom is -0.396 e. The van der Waals surface area contributed by atoms with Crippen molar-refractivity contribution in [2.45, 2.75) is 19.0 Å². The Bertz CT molecular complexity index is 847. The van der Waals surface area contributed by atoms with Crippen molar-refractivity contribution in [2.24, 2.45) is 0 Å². The van der Waals surface area contributed by atoms with Gasteiger partial charge in [-0.3, -0.25) is 4.40 Å². The number of hydrogen-bond donors (Lipinski definition) is 1. The normalized spacial score (nSPS) is 12.4. The zero-order valence-corrected chi connectivity index (χ0v) is 11.9. The Morgan fingerprint density at radius 2 is 2.00 bits per heavy atom. The molecule has 0 saturated carbocycles. The maximum absolute atomic E-state index is 13.1. The number of hydrogen-bond acceptors (Lipinski definition) is 4. The van der Waals surface area contributed by atoms with E-state index >= 15 is 0 Å². The molecular weight excluding hydrogens is 321 g/mol. The molecular formula is C13H10ClF3N4O.